The lowest BCUT2D eigenvalue weighted by molar-refractivity contribution is 0.0694. The lowest BCUT2D eigenvalue weighted by Gasteiger charge is -2.32. The van der Waals surface area contributed by atoms with E-state index >= 15 is 0 Å². The van der Waals surface area contributed by atoms with Crippen LogP contribution in [0.15, 0.2) is 30.5 Å². The van der Waals surface area contributed by atoms with Crippen LogP contribution < -0.4 is 5.32 Å². The Bertz CT molecular complexity index is 772. The molecule has 1 aliphatic rings. The monoisotopic (exact) mass is 342 g/mol. The topological polar surface area (TPSA) is 87.5 Å². The number of benzene rings is 1. The zero-order chi connectivity index (χ0) is 18.0. The van der Waals surface area contributed by atoms with E-state index in [0.29, 0.717) is 24.5 Å². The average Bonchev–Trinajstić information content (AvgIpc) is 2.93. The molecule has 0 saturated carbocycles. The van der Waals surface area contributed by atoms with E-state index in [0.717, 1.165) is 24.0 Å². The van der Waals surface area contributed by atoms with Crippen LogP contribution in [-0.2, 0) is 7.05 Å². The molecular weight excluding hydrogens is 320 g/mol. The number of anilines is 1. The van der Waals surface area contributed by atoms with Gasteiger partial charge in [-0.15, -0.1) is 0 Å². The minimum Gasteiger partial charge on any atom is -0.478 e. The number of aromatic nitrogens is 2. The summed E-state index contributed by atoms with van der Waals surface area (Å²) >= 11 is 0. The highest BCUT2D eigenvalue weighted by Crippen LogP contribution is 2.30. The second kappa shape index (κ2) is 6.96. The molecule has 2 amide bonds. The van der Waals surface area contributed by atoms with Gasteiger partial charge in [-0.25, -0.2) is 9.59 Å². The van der Waals surface area contributed by atoms with Crippen molar-refractivity contribution in [2.24, 2.45) is 7.05 Å². The number of aromatic carboxylic acids is 1. The molecule has 2 aromatic rings. The number of likely N-dealkylation sites (tertiary alicyclic amines) is 1. The number of amides is 2. The van der Waals surface area contributed by atoms with Crippen molar-refractivity contribution >= 4 is 17.8 Å². The van der Waals surface area contributed by atoms with E-state index in [1.54, 1.807) is 35.0 Å². The molecule has 0 spiro atoms. The van der Waals surface area contributed by atoms with E-state index in [4.69, 9.17) is 0 Å². The van der Waals surface area contributed by atoms with Gasteiger partial charge in [0.15, 0.2) is 0 Å². The number of carboxylic acid groups (broad SMARTS) is 1. The summed E-state index contributed by atoms with van der Waals surface area (Å²) in [5.41, 5.74) is 2.13. The molecule has 0 radical (unpaired) electrons. The van der Waals surface area contributed by atoms with Crippen molar-refractivity contribution in [1.29, 1.82) is 0 Å². The summed E-state index contributed by atoms with van der Waals surface area (Å²) in [6.45, 7) is 3.10. The molecule has 1 aromatic carbocycles. The first-order valence-electron chi connectivity index (χ1n) is 8.34. The zero-order valence-electron chi connectivity index (χ0n) is 14.4. The maximum absolute atomic E-state index is 12.5. The number of hydrogen-bond donors (Lipinski definition) is 2. The average molecular weight is 342 g/mol. The number of carbonyl (C=O) groups excluding carboxylic acids is 1. The van der Waals surface area contributed by atoms with Crippen molar-refractivity contribution < 1.29 is 14.7 Å². The summed E-state index contributed by atoms with van der Waals surface area (Å²) < 4.78 is 1.64. The van der Waals surface area contributed by atoms with Gasteiger partial charge < -0.3 is 10.0 Å². The van der Waals surface area contributed by atoms with Gasteiger partial charge in [0, 0.05) is 25.7 Å². The molecule has 2 N–H and O–H groups in total. The normalized spacial score (nSPS) is 15.2. The van der Waals surface area contributed by atoms with E-state index in [1.807, 2.05) is 19.1 Å². The fourth-order valence-corrected chi connectivity index (χ4v) is 3.35. The van der Waals surface area contributed by atoms with Crippen LogP contribution in [0.25, 0.3) is 0 Å². The van der Waals surface area contributed by atoms with Gasteiger partial charge in [-0.3, -0.25) is 10.00 Å². The summed E-state index contributed by atoms with van der Waals surface area (Å²) in [5, 5.41) is 16.4. The third-order valence-electron chi connectivity index (χ3n) is 4.76. The number of carboxylic acids is 1. The maximum Gasteiger partial charge on any atom is 0.335 e. The molecule has 25 heavy (non-hydrogen) atoms. The molecule has 1 aromatic heterocycles. The molecule has 0 aliphatic carbocycles. The molecular formula is C18H22N4O3. The van der Waals surface area contributed by atoms with Crippen LogP contribution in [0, 0.1) is 6.92 Å². The van der Waals surface area contributed by atoms with Gasteiger partial charge in [0.05, 0.1) is 11.8 Å². The van der Waals surface area contributed by atoms with Gasteiger partial charge in [0.25, 0.3) is 0 Å². The zero-order valence-corrected chi connectivity index (χ0v) is 14.4. The number of hydrogen-bond acceptors (Lipinski definition) is 3. The number of nitrogens with zero attached hydrogens (tertiary/aromatic N) is 3. The molecule has 1 saturated heterocycles. The molecule has 3 rings (SSSR count). The van der Waals surface area contributed by atoms with Gasteiger partial charge in [0.1, 0.15) is 5.82 Å². The number of carbonyl (C=O) groups is 2. The van der Waals surface area contributed by atoms with E-state index in [1.165, 1.54) is 0 Å². The van der Waals surface area contributed by atoms with Crippen molar-refractivity contribution in [3.05, 3.63) is 47.2 Å². The number of urea groups is 1. The van der Waals surface area contributed by atoms with Crippen LogP contribution in [0.3, 0.4) is 0 Å². The van der Waals surface area contributed by atoms with E-state index in [2.05, 4.69) is 10.4 Å². The quantitative estimate of drug-likeness (QED) is 0.898. The fraction of sp³-hybridized carbons (Fsp3) is 0.389. The molecule has 1 aliphatic heterocycles. The largest absolute Gasteiger partial charge is 0.478 e. The van der Waals surface area contributed by atoms with Crippen molar-refractivity contribution in [1.82, 2.24) is 14.7 Å². The number of piperidine rings is 1. The van der Waals surface area contributed by atoms with Crippen molar-refractivity contribution in [3.63, 3.8) is 0 Å². The van der Waals surface area contributed by atoms with Gasteiger partial charge in [-0.1, -0.05) is 18.2 Å². The number of nitrogens with one attached hydrogen (secondary N) is 1. The Morgan fingerprint density at radius 1 is 1.24 bits per heavy atom. The highest BCUT2D eigenvalue weighted by atomic mass is 16.4. The number of aryl methyl sites for hydroxylation is 2. The Balaban J connectivity index is 1.64. The van der Waals surface area contributed by atoms with Gasteiger partial charge in [0.2, 0.25) is 0 Å². The van der Waals surface area contributed by atoms with Crippen LogP contribution in [0.2, 0.25) is 0 Å². The predicted molar refractivity (Wildman–Crippen MR) is 93.9 cm³/mol. The minimum atomic E-state index is -0.901. The highest BCUT2D eigenvalue weighted by Gasteiger charge is 2.27. The second-order valence-corrected chi connectivity index (χ2v) is 6.38. The summed E-state index contributed by atoms with van der Waals surface area (Å²) in [5.74, 6) is -0.0411. The van der Waals surface area contributed by atoms with Crippen molar-refractivity contribution in [2.75, 3.05) is 18.4 Å². The second-order valence-electron chi connectivity index (χ2n) is 6.38. The summed E-state index contributed by atoms with van der Waals surface area (Å²) in [4.78, 5) is 25.6. The lowest BCUT2D eigenvalue weighted by atomic mass is 9.86. The first-order chi connectivity index (χ1) is 12.0. The first kappa shape index (κ1) is 17.0. The minimum absolute atomic E-state index is 0.142. The van der Waals surface area contributed by atoms with Crippen molar-refractivity contribution in [3.8, 4) is 0 Å². The lowest BCUT2D eigenvalue weighted by Crippen LogP contribution is -2.41. The Morgan fingerprint density at radius 3 is 2.52 bits per heavy atom. The molecule has 0 bridgehead atoms. The SMILES string of the molecule is Cc1cnn(C)c1NC(=O)N1CCC(c2ccccc2C(=O)O)CC1. The van der Waals surface area contributed by atoms with Gasteiger partial charge in [-0.05, 0) is 37.3 Å². The highest BCUT2D eigenvalue weighted by molar-refractivity contribution is 5.90. The molecule has 7 nitrogen and oxygen atoms in total. The van der Waals surface area contributed by atoms with E-state index < -0.39 is 5.97 Å². The van der Waals surface area contributed by atoms with E-state index in [-0.39, 0.29) is 11.9 Å². The Morgan fingerprint density at radius 2 is 1.92 bits per heavy atom. The van der Waals surface area contributed by atoms with Crippen LogP contribution in [0.5, 0.6) is 0 Å². The predicted octanol–water partition coefficient (Wildman–Crippen LogP) is 2.84. The van der Waals surface area contributed by atoms with Crippen LogP contribution in [0.4, 0.5) is 10.6 Å². The summed E-state index contributed by atoms with van der Waals surface area (Å²) in [6, 6.07) is 6.99. The van der Waals surface area contributed by atoms with Crippen molar-refractivity contribution in [2.45, 2.75) is 25.7 Å². The first-order valence-corrected chi connectivity index (χ1v) is 8.34. The van der Waals surface area contributed by atoms with Crippen LogP contribution in [-0.4, -0.2) is 44.9 Å². The van der Waals surface area contributed by atoms with Crippen LogP contribution in [0.1, 0.15) is 40.2 Å². The number of rotatable bonds is 3. The van der Waals surface area contributed by atoms with Gasteiger partial charge >= 0.3 is 12.0 Å². The summed E-state index contributed by atoms with van der Waals surface area (Å²) in [7, 11) is 1.79. The standard InChI is InChI=1S/C18H22N4O3/c1-12-11-19-21(2)16(12)20-18(25)22-9-7-13(8-10-22)14-5-3-4-6-15(14)17(23)24/h3-6,11,13H,7-10H2,1-2H3,(H,20,25)(H,23,24). The Kier molecular flexibility index (Phi) is 4.74. The molecule has 2 heterocycles. The summed E-state index contributed by atoms with van der Waals surface area (Å²) in [6.07, 6.45) is 3.22. The van der Waals surface area contributed by atoms with Gasteiger partial charge in [-0.2, -0.15) is 5.10 Å². The third-order valence-corrected chi connectivity index (χ3v) is 4.76. The Hall–Kier alpha value is -2.83. The third kappa shape index (κ3) is 3.50. The van der Waals surface area contributed by atoms with Crippen LogP contribution >= 0.6 is 0 Å². The maximum atomic E-state index is 12.5. The molecule has 1 fully saturated rings. The van der Waals surface area contributed by atoms with E-state index in [9.17, 15) is 14.7 Å². The fourth-order valence-electron chi connectivity index (χ4n) is 3.35. The molecule has 132 valence electrons. The molecule has 0 atom stereocenters. The molecule has 0 unspecified atom stereocenters. The smallest absolute Gasteiger partial charge is 0.335 e. The Labute approximate surface area is 146 Å². The molecule has 7 heteroatoms.